The third kappa shape index (κ3) is 0.810. The summed E-state index contributed by atoms with van der Waals surface area (Å²) in [6.45, 7) is 0. The van der Waals surface area contributed by atoms with Gasteiger partial charge >= 0.3 is 0 Å². The Kier molecular flexibility index (Phi) is 1.23. The van der Waals surface area contributed by atoms with Crippen LogP contribution in [0.2, 0.25) is 0 Å². The molecule has 1 heterocycles. The molecule has 0 atom stereocenters. The lowest BCUT2D eigenvalue weighted by atomic mass is 10.8. The van der Waals surface area contributed by atoms with E-state index in [-0.39, 0.29) is 0 Å². The van der Waals surface area contributed by atoms with Crippen LogP contribution < -0.4 is 5.32 Å². The summed E-state index contributed by atoms with van der Waals surface area (Å²) >= 11 is 0. The molecule has 5 heteroatoms. The van der Waals surface area contributed by atoms with Gasteiger partial charge in [0.05, 0.1) is 0 Å². The molecule has 0 aromatic carbocycles. The summed E-state index contributed by atoms with van der Waals surface area (Å²) in [6.07, 6.45) is 1.73. The van der Waals surface area contributed by atoms with Gasteiger partial charge in [-0.15, -0.1) is 0 Å². The standard InChI is InChI=1S/C3H3N3O2/c7-2-4-3-1-8-6-5-3/h1-2H,(H,4,7). The smallest absolute Gasteiger partial charge is 0.212 e. The maximum Gasteiger partial charge on any atom is 0.212 e. The Morgan fingerprint density at radius 1 is 1.88 bits per heavy atom. The van der Waals surface area contributed by atoms with Crippen LogP contribution in [-0.4, -0.2) is 16.8 Å². The van der Waals surface area contributed by atoms with E-state index in [1.807, 2.05) is 0 Å². The highest BCUT2D eigenvalue weighted by molar-refractivity contribution is 5.67. The Morgan fingerprint density at radius 2 is 2.75 bits per heavy atom. The summed E-state index contributed by atoms with van der Waals surface area (Å²) in [7, 11) is 0. The predicted molar refractivity (Wildman–Crippen MR) is 24.0 cm³/mol. The van der Waals surface area contributed by atoms with Crippen LogP contribution in [0.5, 0.6) is 0 Å². The third-order valence-corrected chi connectivity index (χ3v) is 0.567. The van der Waals surface area contributed by atoms with Gasteiger partial charge in [0.1, 0.15) is 0 Å². The number of hydrogen-bond acceptors (Lipinski definition) is 4. The van der Waals surface area contributed by atoms with Crippen LogP contribution in [0.4, 0.5) is 5.82 Å². The van der Waals surface area contributed by atoms with Crippen molar-refractivity contribution in [2.24, 2.45) is 0 Å². The second kappa shape index (κ2) is 2.06. The molecule has 1 aromatic rings. The van der Waals surface area contributed by atoms with Crippen LogP contribution in [0.1, 0.15) is 0 Å². The molecule has 42 valence electrons. The van der Waals surface area contributed by atoms with Crippen molar-refractivity contribution in [2.75, 3.05) is 5.32 Å². The number of anilines is 1. The van der Waals surface area contributed by atoms with Crippen molar-refractivity contribution in [3.8, 4) is 0 Å². The molecule has 0 aliphatic carbocycles. The maximum absolute atomic E-state index is 9.65. The van der Waals surface area contributed by atoms with Gasteiger partial charge in [0.2, 0.25) is 6.41 Å². The zero-order valence-electron chi connectivity index (χ0n) is 3.87. The first-order valence-corrected chi connectivity index (χ1v) is 1.90. The van der Waals surface area contributed by atoms with Gasteiger partial charge in [-0.05, 0) is 0 Å². The zero-order valence-corrected chi connectivity index (χ0v) is 3.87. The van der Waals surface area contributed by atoms with Crippen molar-refractivity contribution < 1.29 is 9.32 Å². The maximum atomic E-state index is 9.65. The molecule has 0 unspecified atom stereocenters. The number of amides is 1. The van der Waals surface area contributed by atoms with Crippen molar-refractivity contribution in [1.29, 1.82) is 0 Å². The van der Waals surface area contributed by atoms with Gasteiger partial charge in [0, 0.05) is 5.27 Å². The summed E-state index contributed by atoms with van der Waals surface area (Å²) in [5.41, 5.74) is 0. The van der Waals surface area contributed by atoms with Gasteiger partial charge in [0.25, 0.3) is 0 Å². The van der Waals surface area contributed by atoms with E-state index < -0.39 is 0 Å². The van der Waals surface area contributed by atoms with Gasteiger partial charge in [-0.1, -0.05) is 5.10 Å². The topological polar surface area (TPSA) is 68.0 Å². The largest absolute Gasteiger partial charge is 0.343 e. The van der Waals surface area contributed by atoms with Crippen molar-refractivity contribution >= 4 is 12.2 Å². The Hall–Kier alpha value is -1.39. The summed E-state index contributed by atoms with van der Waals surface area (Å²) in [4.78, 5) is 9.65. The fourth-order valence-electron chi connectivity index (χ4n) is 0.288. The molecule has 0 fully saturated rings. The van der Waals surface area contributed by atoms with E-state index in [0.29, 0.717) is 12.2 Å². The molecule has 0 aliphatic rings. The van der Waals surface area contributed by atoms with Crippen LogP contribution in [0, 0.1) is 0 Å². The summed E-state index contributed by atoms with van der Waals surface area (Å²) < 4.78 is 4.28. The van der Waals surface area contributed by atoms with E-state index >= 15 is 0 Å². The second-order valence-corrected chi connectivity index (χ2v) is 1.05. The first-order chi connectivity index (χ1) is 3.93. The average molecular weight is 113 g/mol. The summed E-state index contributed by atoms with van der Waals surface area (Å²) in [6, 6.07) is 0. The fourth-order valence-corrected chi connectivity index (χ4v) is 0.288. The van der Waals surface area contributed by atoms with Crippen molar-refractivity contribution in [3.63, 3.8) is 0 Å². The third-order valence-electron chi connectivity index (χ3n) is 0.567. The number of rotatable bonds is 2. The van der Waals surface area contributed by atoms with Gasteiger partial charge in [0.15, 0.2) is 12.1 Å². The number of aromatic nitrogens is 2. The molecule has 0 saturated heterocycles. The van der Waals surface area contributed by atoms with Crippen molar-refractivity contribution in [3.05, 3.63) is 6.26 Å². The van der Waals surface area contributed by atoms with Crippen LogP contribution in [0.15, 0.2) is 10.8 Å². The zero-order chi connectivity index (χ0) is 5.82. The van der Waals surface area contributed by atoms with Crippen LogP contribution in [-0.2, 0) is 4.79 Å². The molecule has 0 bridgehead atoms. The summed E-state index contributed by atoms with van der Waals surface area (Å²) in [5, 5.41) is 8.68. The van der Waals surface area contributed by atoms with Crippen LogP contribution >= 0.6 is 0 Å². The molecule has 8 heavy (non-hydrogen) atoms. The van der Waals surface area contributed by atoms with Gasteiger partial charge in [-0.3, -0.25) is 4.79 Å². The minimum Gasteiger partial charge on any atom is -0.343 e. The monoisotopic (exact) mass is 113 g/mol. The lowest BCUT2D eigenvalue weighted by Gasteiger charge is -1.79. The molecule has 0 radical (unpaired) electrons. The highest BCUT2D eigenvalue weighted by atomic mass is 16.5. The number of hydrogen-bond donors (Lipinski definition) is 1. The highest BCUT2D eigenvalue weighted by Crippen LogP contribution is 1.93. The second-order valence-electron chi connectivity index (χ2n) is 1.05. The lowest BCUT2D eigenvalue weighted by molar-refractivity contribution is -0.105. The number of carbonyl (C=O) groups excluding carboxylic acids is 1. The predicted octanol–water partition coefficient (Wildman–Crippen LogP) is -0.362. The Bertz CT molecular complexity index is 159. The molecular weight excluding hydrogens is 110 g/mol. The first kappa shape index (κ1) is 4.76. The Labute approximate surface area is 44.7 Å². The highest BCUT2D eigenvalue weighted by Gasteiger charge is 1.89. The fraction of sp³-hybridized carbons (Fsp3) is 0. The minimum absolute atomic E-state index is 0.319. The van der Waals surface area contributed by atoms with Gasteiger partial charge in [-0.25, -0.2) is 0 Å². The minimum atomic E-state index is 0.319. The number of nitrogens with zero attached hydrogens (tertiary/aromatic N) is 2. The molecule has 1 N–H and O–H groups in total. The summed E-state index contributed by atoms with van der Waals surface area (Å²) in [5.74, 6) is 0.319. The van der Waals surface area contributed by atoms with Crippen LogP contribution in [0.25, 0.3) is 0 Å². The molecule has 5 nitrogen and oxygen atoms in total. The van der Waals surface area contributed by atoms with Crippen molar-refractivity contribution in [1.82, 2.24) is 10.4 Å². The molecule has 0 spiro atoms. The van der Waals surface area contributed by atoms with Gasteiger partial charge < -0.3 is 9.84 Å². The normalized spacial score (nSPS) is 8.50. The van der Waals surface area contributed by atoms with E-state index in [1.54, 1.807) is 0 Å². The van der Waals surface area contributed by atoms with E-state index in [4.69, 9.17) is 0 Å². The Balaban J connectivity index is 2.62. The average Bonchev–Trinajstić information content (AvgIpc) is 2.19. The first-order valence-electron chi connectivity index (χ1n) is 1.90. The van der Waals surface area contributed by atoms with Crippen LogP contribution in [0.3, 0.4) is 0 Å². The molecule has 0 saturated carbocycles. The van der Waals surface area contributed by atoms with Gasteiger partial charge in [-0.2, -0.15) is 0 Å². The van der Waals surface area contributed by atoms with E-state index in [1.165, 1.54) is 6.26 Å². The molecule has 0 aliphatic heterocycles. The number of nitrogens with one attached hydrogen (secondary N) is 1. The molecule has 1 aromatic heterocycles. The van der Waals surface area contributed by atoms with E-state index in [9.17, 15) is 4.79 Å². The lowest BCUT2D eigenvalue weighted by Crippen LogP contribution is -1.92. The Morgan fingerprint density at radius 3 is 3.25 bits per heavy atom. The van der Waals surface area contributed by atoms with Crippen molar-refractivity contribution in [2.45, 2.75) is 0 Å². The quantitative estimate of drug-likeness (QED) is 0.531. The number of carbonyl (C=O) groups is 1. The van der Waals surface area contributed by atoms with E-state index in [2.05, 4.69) is 20.2 Å². The molecule has 1 rings (SSSR count). The molecular formula is C3H3N3O2. The molecule has 1 amide bonds. The van der Waals surface area contributed by atoms with E-state index in [0.717, 1.165) is 0 Å². The SMILES string of the molecule is O=CNc1conn1.